The fraction of sp³-hybridized carbons (Fsp3) is 0.556. The van der Waals surface area contributed by atoms with E-state index in [4.69, 9.17) is 0 Å². The van der Waals surface area contributed by atoms with Gasteiger partial charge in [-0.25, -0.2) is 8.78 Å². The molecule has 0 aromatic heterocycles. The number of allylic oxidation sites excluding steroid dienone is 1. The minimum absolute atomic E-state index is 0.281. The molecule has 2 rings (SSSR count). The first-order chi connectivity index (χ1) is 9.99. The molecule has 1 fully saturated rings. The minimum atomic E-state index is -0.754. The summed E-state index contributed by atoms with van der Waals surface area (Å²) in [4.78, 5) is 0. The van der Waals surface area contributed by atoms with Crippen LogP contribution in [0.25, 0.3) is 6.08 Å². The van der Waals surface area contributed by atoms with Gasteiger partial charge in [-0.05, 0) is 37.5 Å². The third-order valence-corrected chi connectivity index (χ3v) is 4.56. The summed E-state index contributed by atoms with van der Waals surface area (Å²) in [6, 6.07) is 3.26. The maximum atomic E-state index is 13.8. The molecular weight excluding hydrogens is 285 g/mol. The number of hydrogen-bond donors (Lipinski definition) is 0. The molecule has 3 heteroatoms. The molecule has 0 amide bonds. The Labute approximate surface area is 130 Å². The van der Waals surface area contributed by atoms with Gasteiger partial charge in [-0.1, -0.05) is 51.5 Å². The molecule has 1 aliphatic carbocycles. The summed E-state index contributed by atoms with van der Waals surface area (Å²) >= 11 is 0. The first-order valence-corrected chi connectivity index (χ1v) is 8.49. The monoisotopic (exact) mass is 312 g/mol. The van der Waals surface area contributed by atoms with Crippen LogP contribution >= 0.6 is 9.24 Å². The highest BCUT2D eigenvalue weighted by Gasteiger charge is 2.19. The van der Waals surface area contributed by atoms with Crippen LogP contribution in [0.4, 0.5) is 8.78 Å². The molecule has 21 heavy (non-hydrogen) atoms. The van der Waals surface area contributed by atoms with Gasteiger partial charge in [0.15, 0.2) is 11.6 Å². The lowest BCUT2D eigenvalue weighted by molar-refractivity contribution is 0.312. The zero-order valence-corrected chi connectivity index (χ0v) is 14.7. The topological polar surface area (TPSA) is 0 Å². The van der Waals surface area contributed by atoms with Crippen molar-refractivity contribution >= 4 is 20.6 Å². The SMILES string of the molecule is CC.CC(C)C1CCC(=Cc2ccc(P)c(F)c2F)CC1. The van der Waals surface area contributed by atoms with E-state index in [-0.39, 0.29) is 5.30 Å². The molecular formula is C18H27F2P. The Morgan fingerprint density at radius 2 is 1.67 bits per heavy atom. The van der Waals surface area contributed by atoms with E-state index in [9.17, 15) is 8.78 Å². The van der Waals surface area contributed by atoms with E-state index in [2.05, 4.69) is 23.1 Å². The van der Waals surface area contributed by atoms with E-state index in [1.165, 1.54) is 5.57 Å². The molecule has 1 aromatic carbocycles. The molecule has 1 saturated carbocycles. The molecule has 0 bridgehead atoms. The number of halogens is 2. The van der Waals surface area contributed by atoms with Gasteiger partial charge in [-0.15, -0.1) is 9.24 Å². The van der Waals surface area contributed by atoms with Crippen molar-refractivity contribution in [2.24, 2.45) is 11.8 Å². The van der Waals surface area contributed by atoms with Gasteiger partial charge >= 0.3 is 0 Å². The van der Waals surface area contributed by atoms with Gasteiger partial charge in [0.05, 0.1) is 0 Å². The Balaban J connectivity index is 0.00000106. The van der Waals surface area contributed by atoms with Crippen molar-refractivity contribution < 1.29 is 8.78 Å². The summed E-state index contributed by atoms with van der Waals surface area (Å²) in [6.45, 7) is 8.51. The molecule has 0 saturated heterocycles. The number of hydrogen-bond acceptors (Lipinski definition) is 0. The molecule has 1 aliphatic rings. The molecule has 118 valence electrons. The van der Waals surface area contributed by atoms with Crippen LogP contribution in [0, 0.1) is 23.5 Å². The lowest BCUT2D eigenvalue weighted by Gasteiger charge is -2.27. The molecule has 0 nitrogen and oxygen atoms in total. The van der Waals surface area contributed by atoms with Crippen LogP contribution in [-0.2, 0) is 0 Å². The average Bonchev–Trinajstić information content (AvgIpc) is 2.50. The van der Waals surface area contributed by atoms with E-state index in [1.54, 1.807) is 12.1 Å². The lowest BCUT2D eigenvalue weighted by atomic mass is 9.79. The van der Waals surface area contributed by atoms with Crippen molar-refractivity contribution in [3.63, 3.8) is 0 Å². The van der Waals surface area contributed by atoms with E-state index in [0.29, 0.717) is 11.5 Å². The summed E-state index contributed by atoms with van der Waals surface area (Å²) in [5.41, 5.74) is 1.62. The lowest BCUT2D eigenvalue weighted by Crippen LogP contribution is -2.14. The minimum Gasteiger partial charge on any atom is -0.203 e. The first kappa shape index (κ1) is 18.3. The second-order valence-corrected chi connectivity index (χ2v) is 6.38. The predicted octanol–water partition coefficient (Wildman–Crippen LogP) is 5.72. The predicted molar refractivity (Wildman–Crippen MR) is 91.8 cm³/mol. The van der Waals surface area contributed by atoms with Gasteiger partial charge in [0.2, 0.25) is 0 Å². The van der Waals surface area contributed by atoms with Gasteiger partial charge in [0.25, 0.3) is 0 Å². The summed E-state index contributed by atoms with van der Waals surface area (Å²) in [5.74, 6) is 0.00137. The fourth-order valence-corrected chi connectivity index (χ4v) is 2.96. The standard InChI is InChI=1S/C16H21F2P.C2H6/c1-10(2)12-5-3-11(4-6-12)9-13-7-8-14(19)16(18)15(13)17;1-2/h7-10,12H,3-6,19H2,1-2H3;1-2H3. The Bertz CT molecular complexity index is 482. The van der Waals surface area contributed by atoms with Crippen LogP contribution in [0.5, 0.6) is 0 Å². The second-order valence-electron chi connectivity index (χ2n) is 5.76. The summed E-state index contributed by atoms with van der Waals surface area (Å²) in [5, 5.41) is 0.281. The molecule has 1 atom stereocenters. The maximum Gasteiger partial charge on any atom is 0.166 e. The molecule has 0 aliphatic heterocycles. The average molecular weight is 312 g/mol. The van der Waals surface area contributed by atoms with Crippen molar-refractivity contribution in [3.8, 4) is 0 Å². The van der Waals surface area contributed by atoms with Gasteiger partial charge in [-0.2, -0.15) is 0 Å². The first-order valence-electron chi connectivity index (χ1n) is 7.92. The van der Waals surface area contributed by atoms with Gasteiger partial charge in [-0.3, -0.25) is 0 Å². The molecule has 0 radical (unpaired) electrons. The third kappa shape index (κ3) is 4.88. The zero-order valence-electron chi connectivity index (χ0n) is 13.5. The molecule has 0 heterocycles. The van der Waals surface area contributed by atoms with E-state index < -0.39 is 11.6 Å². The molecule has 1 unspecified atom stereocenters. The highest BCUT2D eigenvalue weighted by molar-refractivity contribution is 7.27. The number of benzene rings is 1. The van der Waals surface area contributed by atoms with Gasteiger partial charge < -0.3 is 0 Å². The molecule has 0 spiro atoms. The highest BCUT2D eigenvalue weighted by Crippen LogP contribution is 2.34. The third-order valence-electron chi connectivity index (χ3n) is 4.12. The number of rotatable bonds is 2. The van der Waals surface area contributed by atoms with Crippen LogP contribution in [0.3, 0.4) is 0 Å². The van der Waals surface area contributed by atoms with Gasteiger partial charge in [0, 0.05) is 10.9 Å². The largest absolute Gasteiger partial charge is 0.203 e. The van der Waals surface area contributed by atoms with E-state index >= 15 is 0 Å². The van der Waals surface area contributed by atoms with E-state index in [1.807, 2.05) is 19.9 Å². The normalized spacial score (nSPS) is 18.3. The van der Waals surface area contributed by atoms with Crippen molar-refractivity contribution in [1.82, 2.24) is 0 Å². The molecule has 0 N–H and O–H groups in total. The fourth-order valence-electron chi connectivity index (χ4n) is 2.73. The summed E-state index contributed by atoms with van der Waals surface area (Å²) < 4.78 is 27.3. The molecule has 1 aromatic rings. The Kier molecular flexibility index (Phi) is 7.52. The van der Waals surface area contributed by atoms with Crippen molar-refractivity contribution in [2.75, 3.05) is 0 Å². The maximum absolute atomic E-state index is 13.8. The van der Waals surface area contributed by atoms with Crippen LogP contribution < -0.4 is 5.30 Å². The second kappa shape index (κ2) is 8.63. The summed E-state index contributed by atoms with van der Waals surface area (Å²) in [7, 11) is 2.21. The Hall–Kier alpha value is -0.750. The Morgan fingerprint density at radius 3 is 2.19 bits per heavy atom. The zero-order chi connectivity index (χ0) is 16.0. The van der Waals surface area contributed by atoms with Crippen LogP contribution in [0.15, 0.2) is 17.7 Å². The Morgan fingerprint density at radius 1 is 1.10 bits per heavy atom. The van der Waals surface area contributed by atoms with Crippen molar-refractivity contribution in [3.05, 3.63) is 34.9 Å². The van der Waals surface area contributed by atoms with Crippen LogP contribution in [0.2, 0.25) is 0 Å². The van der Waals surface area contributed by atoms with E-state index in [0.717, 1.165) is 31.6 Å². The van der Waals surface area contributed by atoms with Crippen molar-refractivity contribution in [1.29, 1.82) is 0 Å². The van der Waals surface area contributed by atoms with Crippen LogP contribution in [-0.4, -0.2) is 0 Å². The quantitative estimate of drug-likeness (QED) is 0.613. The summed E-state index contributed by atoms with van der Waals surface area (Å²) in [6.07, 6.45) is 6.17. The smallest absolute Gasteiger partial charge is 0.166 e. The van der Waals surface area contributed by atoms with Gasteiger partial charge in [0.1, 0.15) is 0 Å². The highest BCUT2D eigenvalue weighted by atomic mass is 31.0. The van der Waals surface area contributed by atoms with Crippen molar-refractivity contribution in [2.45, 2.75) is 53.4 Å². The van der Waals surface area contributed by atoms with Crippen LogP contribution in [0.1, 0.15) is 58.9 Å².